The molecule has 0 spiro atoms. The van der Waals surface area contributed by atoms with Gasteiger partial charge in [0.25, 0.3) is 0 Å². The summed E-state index contributed by atoms with van der Waals surface area (Å²) in [4.78, 5) is 25.0. The van der Waals surface area contributed by atoms with Crippen molar-refractivity contribution in [3.8, 4) is 0 Å². The van der Waals surface area contributed by atoms with E-state index in [1.165, 1.54) is 0 Å². The van der Waals surface area contributed by atoms with Crippen molar-refractivity contribution in [3.63, 3.8) is 0 Å². The topological polar surface area (TPSA) is 168 Å². The summed E-state index contributed by atoms with van der Waals surface area (Å²) in [6, 6.07) is 0.0868. The Balaban J connectivity index is 0.867. The maximum atomic E-state index is 13.7. The molecule has 1 amide bonds. The zero-order valence-corrected chi connectivity index (χ0v) is 36.1. The van der Waals surface area contributed by atoms with Gasteiger partial charge in [0.1, 0.15) is 0 Å². The quantitative estimate of drug-likeness (QED) is 0.132. The normalized spacial score (nSPS) is 53.9. The summed E-state index contributed by atoms with van der Waals surface area (Å²) in [5, 5.41) is 70.8. The minimum atomic E-state index is -0.764. The number of carboxylic acid groups (broad SMARTS) is 1. The van der Waals surface area contributed by atoms with E-state index in [2.05, 4.69) is 46.9 Å². The first kappa shape index (κ1) is 42.4. The summed E-state index contributed by atoms with van der Waals surface area (Å²) >= 11 is 0. The molecule has 0 saturated heterocycles. The van der Waals surface area contributed by atoms with Crippen molar-refractivity contribution in [1.29, 1.82) is 0 Å². The molecule has 8 fully saturated rings. The summed E-state index contributed by atoms with van der Waals surface area (Å²) in [7, 11) is 0. The fourth-order valence-electron chi connectivity index (χ4n) is 17.8. The molecule has 9 nitrogen and oxygen atoms in total. The van der Waals surface area contributed by atoms with Crippen molar-refractivity contribution in [2.24, 2.45) is 92.7 Å². The second kappa shape index (κ2) is 15.3. The predicted molar refractivity (Wildman–Crippen MR) is 218 cm³/mol. The van der Waals surface area contributed by atoms with Crippen LogP contribution >= 0.6 is 0 Å². The molecule has 8 aliphatic rings. The Labute approximate surface area is 342 Å². The highest BCUT2D eigenvalue weighted by molar-refractivity contribution is 5.76. The van der Waals surface area contributed by atoms with E-state index in [1.54, 1.807) is 0 Å². The molecule has 324 valence electrons. The molecule has 0 aliphatic heterocycles. The largest absolute Gasteiger partial charge is 0.481 e. The number of aliphatic hydroxyl groups excluding tert-OH is 5. The Bertz CT molecular complexity index is 1510. The van der Waals surface area contributed by atoms with Crippen LogP contribution in [0.1, 0.15) is 157 Å². The van der Waals surface area contributed by atoms with E-state index < -0.39 is 24.3 Å². The lowest BCUT2D eigenvalue weighted by atomic mass is 9.43. The van der Waals surface area contributed by atoms with Crippen molar-refractivity contribution < 1.29 is 40.2 Å². The molecule has 0 aromatic carbocycles. The first-order valence-electron chi connectivity index (χ1n) is 23.7. The Morgan fingerprint density at radius 3 is 1.58 bits per heavy atom. The van der Waals surface area contributed by atoms with Crippen LogP contribution in [-0.4, -0.2) is 79.1 Å². The van der Waals surface area contributed by atoms with Crippen LogP contribution in [0.2, 0.25) is 0 Å². The highest BCUT2D eigenvalue weighted by atomic mass is 16.4. The summed E-state index contributed by atoms with van der Waals surface area (Å²) < 4.78 is 0. The second-order valence-corrected chi connectivity index (χ2v) is 23.1. The minimum absolute atomic E-state index is 0.00569. The van der Waals surface area contributed by atoms with Crippen LogP contribution < -0.4 is 5.32 Å². The number of nitrogens with one attached hydrogen (secondary N) is 1. The Morgan fingerprint density at radius 1 is 0.596 bits per heavy atom. The molecule has 0 bridgehead atoms. The second-order valence-electron chi connectivity index (χ2n) is 23.1. The molecule has 9 heteroatoms. The van der Waals surface area contributed by atoms with E-state index in [9.17, 15) is 40.2 Å². The Morgan fingerprint density at radius 2 is 1.07 bits per heavy atom. The number of carbonyl (C=O) groups is 2. The van der Waals surface area contributed by atoms with Crippen LogP contribution in [-0.2, 0) is 9.59 Å². The SMILES string of the molecule is C[C@H](CCC(=O)N[C@H]1CC[C@@]2(C)[C@@H](C1)C[C@@H](O)[C@@H]1[C@@H]2C[C@H](O)[C@]2(C)[C@@H]([C@H](C)CCC(=O)O)CC[C@@H]12)C1CC[C@H]2[C@@H]3[C@H](O)C[C@@H]4C[C@H](O)CC[C@]4(C)[C@H]3C[C@H](O)[C@]12C. The monoisotopic (exact) mass is 798 g/mol. The van der Waals surface area contributed by atoms with Gasteiger partial charge in [-0.2, -0.15) is 0 Å². The van der Waals surface area contributed by atoms with Gasteiger partial charge >= 0.3 is 5.97 Å². The van der Waals surface area contributed by atoms with Gasteiger partial charge < -0.3 is 36.0 Å². The number of rotatable bonds is 9. The Kier molecular flexibility index (Phi) is 11.4. The minimum Gasteiger partial charge on any atom is -0.481 e. The van der Waals surface area contributed by atoms with E-state index in [-0.39, 0.29) is 111 Å². The number of fused-ring (bicyclic) bond motifs is 10. The van der Waals surface area contributed by atoms with E-state index >= 15 is 0 Å². The fraction of sp³-hybridized carbons (Fsp3) is 0.958. The van der Waals surface area contributed by atoms with E-state index in [0.29, 0.717) is 31.1 Å². The van der Waals surface area contributed by atoms with Gasteiger partial charge in [0.05, 0.1) is 30.5 Å². The van der Waals surface area contributed by atoms with Gasteiger partial charge in [0.2, 0.25) is 5.91 Å². The third-order valence-corrected chi connectivity index (χ3v) is 21.1. The van der Waals surface area contributed by atoms with Gasteiger partial charge in [-0.15, -0.1) is 0 Å². The molecular formula is C48H79NO8. The van der Waals surface area contributed by atoms with Gasteiger partial charge in [-0.25, -0.2) is 0 Å². The summed E-state index contributed by atoms with van der Waals surface area (Å²) in [6.07, 6.45) is 12.3. The van der Waals surface area contributed by atoms with Crippen LogP contribution in [0.3, 0.4) is 0 Å². The molecule has 0 aromatic rings. The predicted octanol–water partition coefficient (Wildman–Crippen LogP) is 6.95. The van der Waals surface area contributed by atoms with Crippen molar-refractivity contribution in [2.75, 3.05) is 0 Å². The van der Waals surface area contributed by atoms with Gasteiger partial charge in [0.15, 0.2) is 0 Å². The van der Waals surface area contributed by atoms with Crippen LogP contribution in [0.15, 0.2) is 0 Å². The Hall–Kier alpha value is -1.26. The number of carboxylic acids is 1. The maximum absolute atomic E-state index is 13.7. The number of carbonyl (C=O) groups excluding carboxylic acids is 1. The number of aliphatic carboxylic acids is 1. The van der Waals surface area contributed by atoms with E-state index in [1.807, 2.05) is 0 Å². The summed E-state index contributed by atoms with van der Waals surface area (Å²) in [6.45, 7) is 13.7. The molecule has 7 N–H and O–H groups in total. The molecule has 8 aliphatic carbocycles. The molecule has 8 rings (SSSR count). The first-order valence-corrected chi connectivity index (χ1v) is 23.7. The molecule has 22 atom stereocenters. The average molecular weight is 798 g/mol. The molecule has 1 unspecified atom stereocenters. The van der Waals surface area contributed by atoms with Crippen molar-refractivity contribution in [3.05, 3.63) is 0 Å². The van der Waals surface area contributed by atoms with Crippen molar-refractivity contribution >= 4 is 11.9 Å². The number of hydrogen-bond acceptors (Lipinski definition) is 7. The lowest BCUT2D eigenvalue weighted by molar-refractivity contribution is -0.207. The van der Waals surface area contributed by atoms with Crippen LogP contribution in [0.5, 0.6) is 0 Å². The molecule has 0 heterocycles. The van der Waals surface area contributed by atoms with Gasteiger partial charge in [-0.1, -0.05) is 41.5 Å². The van der Waals surface area contributed by atoms with E-state index in [4.69, 9.17) is 0 Å². The summed E-state index contributed by atoms with van der Waals surface area (Å²) in [5.41, 5.74) is -0.514. The highest BCUT2D eigenvalue weighted by Crippen LogP contribution is 2.70. The fourth-order valence-corrected chi connectivity index (χ4v) is 17.8. The standard InChI is InChI=1S/C48H79NO8/c1-25(31-9-11-34-44-36(24-40(54)47(31,34)5)46(4)18-16-30(50)20-28(46)22-38(44)52)7-13-41(55)49-29-15-17-45(3)27(19-29)21-37(51)43-33-12-10-32(26(2)8-14-42(56)57)48(33,6)39(53)23-35(43)45/h25-40,43-44,50-54H,7-24H2,1-6H3,(H,49,55)(H,56,57)/t25-,26-,27+,28+,29+,30-,31?,32-,33+,34+,35+,36+,37-,38-,39+,40+,43+,44+,45+,46+,47-,48-/m1/s1. The molecule has 8 saturated carbocycles. The van der Waals surface area contributed by atoms with Crippen molar-refractivity contribution in [1.82, 2.24) is 5.32 Å². The molecule has 0 radical (unpaired) electrons. The first-order chi connectivity index (χ1) is 26.8. The highest BCUT2D eigenvalue weighted by Gasteiger charge is 2.67. The number of amides is 1. The lowest BCUT2D eigenvalue weighted by Crippen LogP contribution is -2.63. The van der Waals surface area contributed by atoms with E-state index in [0.717, 1.165) is 89.9 Å². The summed E-state index contributed by atoms with van der Waals surface area (Å²) in [5.74, 6) is 2.37. The van der Waals surface area contributed by atoms with Gasteiger partial charge in [-0.3, -0.25) is 9.59 Å². The van der Waals surface area contributed by atoms with Gasteiger partial charge in [0, 0.05) is 18.9 Å². The molecular weight excluding hydrogens is 719 g/mol. The number of aliphatic hydroxyl groups is 5. The van der Waals surface area contributed by atoms with Crippen LogP contribution in [0.4, 0.5) is 0 Å². The van der Waals surface area contributed by atoms with Crippen molar-refractivity contribution in [2.45, 2.75) is 194 Å². The third-order valence-electron chi connectivity index (χ3n) is 21.1. The third kappa shape index (κ3) is 6.70. The van der Waals surface area contributed by atoms with Crippen LogP contribution in [0, 0.1) is 92.7 Å². The zero-order valence-electron chi connectivity index (χ0n) is 36.1. The van der Waals surface area contributed by atoms with Gasteiger partial charge in [-0.05, 0) is 195 Å². The maximum Gasteiger partial charge on any atom is 0.303 e. The average Bonchev–Trinajstić information content (AvgIpc) is 3.70. The zero-order chi connectivity index (χ0) is 41.0. The molecule has 57 heavy (non-hydrogen) atoms. The van der Waals surface area contributed by atoms with Crippen LogP contribution in [0.25, 0.3) is 0 Å². The molecule has 0 aromatic heterocycles. The smallest absolute Gasteiger partial charge is 0.303 e. The number of hydrogen-bond donors (Lipinski definition) is 7. The lowest BCUT2D eigenvalue weighted by Gasteiger charge is -2.63.